The number of ether oxygens (including phenoxy) is 1. The molecule has 0 aliphatic heterocycles. The molecule has 0 bridgehead atoms. The Hall–Kier alpha value is -1.91. The van der Waals surface area contributed by atoms with Gasteiger partial charge in [0.05, 0.1) is 11.3 Å². The van der Waals surface area contributed by atoms with E-state index in [1.807, 2.05) is 13.0 Å². The van der Waals surface area contributed by atoms with E-state index in [1.165, 1.54) is 0 Å². The van der Waals surface area contributed by atoms with Crippen molar-refractivity contribution in [3.63, 3.8) is 0 Å². The molecular formula is C16H15Cl2NO3. The first-order valence-corrected chi connectivity index (χ1v) is 7.38. The van der Waals surface area contributed by atoms with Crippen LogP contribution >= 0.6 is 23.2 Å². The second-order valence-electron chi connectivity index (χ2n) is 4.68. The van der Waals surface area contributed by atoms with Gasteiger partial charge in [0, 0.05) is 16.6 Å². The summed E-state index contributed by atoms with van der Waals surface area (Å²) < 4.78 is 5.55. The highest BCUT2D eigenvalue weighted by molar-refractivity contribution is 6.34. The fourth-order valence-corrected chi connectivity index (χ4v) is 2.54. The third-order valence-corrected chi connectivity index (χ3v) is 3.45. The van der Waals surface area contributed by atoms with Crippen LogP contribution in [0.2, 0.25) is 10.0 Å². The number of hydrogen-bond acceptors (Lipinski definition) is 3. The van der Waals surface area contributed by atoms with Gasteiger partial charge >= 0.3 is 5.97 Å². The van der Waals surface area contributed by atoms with Gasteiger partial charge < -0.3 is 15.2 Å². The number of aryl methyl sites for hydroxylation is 1. The van der Waals surface area contributed by atoms with Crippen LogP contribution in [0.3, 0.4) is 0 Å². The largest absolute Gasteiger partial charge is 0.492 e. The second-order valence-corrected chi connectivity index (χ2v) is 5.56. The minimum Gasteiger partial charge on any atom is -0.492 e. The Labute approximate surface area is 138 Å². The third kappa shape index (κ3) is 4.29. The van der Waals surface area contributed by atoms with Crippen LogP contribution in [0, 0.1) is 6.92 Å². The molecule has 4 nitrogen and oxygen atoms in total. The van der Waals surface area contributed by atoms with Gasteiger partial charge in [-0.3, -0.25) is 0 Å². The van der Waals surface area contributed by atoms with Gasteiger partial charge in [0.1, 0.15) is 12.4 Å². The Balaban J connectivity index is 1.96. The molecule has 0 saturated heterocycles. The Morgan fingerprint density at radius 2 is 1.91 bits per heavy atom. The monoisotopic (exact) mass is 339 g/mol. The molecule has 22 heavy (non-hydrogen) atoms. The van der Waals surface area contributed by atoms with Crippen molar-refractivity contribution in [2.75, 3.05) is 18.5 Å². The number of aromatic carboxylic acids is 1. The SMILES string of the molecule is Cc1cccc(C(=O)O)c1NCCOc1cc(Cl)cc(Cl)c1. The molecule has 0 aliphatic rings. The van der Waals surface area contributed by atoms with Crippen LogP contribution < -0.4 is 10.1 Å². The minimum absolute atomic E-state index is 0.241. The van der Waals surface area contributed by atoms with Gasteiger partial charge in [-0.1, -0.05) is 35.3 Å². The van der Waals surface area contributed by atoms with E-state index >= 15 is 0 Å². The molecule has 0 saturated carbocycles. The number of carbonyl (C=O) groups is 1. The molecule has 2 aromatic rings. The lowest BCUT2D eigenvalue weighted by molar-refractivity contribution is 0.0698. The molecule has 2 rings (SSSR count). The predicted octanol–water partition coefficient (Wildman–Crippen LogP) is 4.49. The second kappa shape index (κ2) is 7.38. The number of rotatable bonds is 6. The van der Waals surface area contributed by atoms with Crippen molar-refractivity contribution in [3.8, 4) is 5.75 Å². The van der Waals surface area contributed by atoms with Gasteiger partial charge in [-0.2, -0.15) is 0 Å². The number of benzene rings is 2. The van der Waals surface area contributed by atoms with Crippen molar-refractivity contribution in [3.05, 3.63) is 57.6 Å². The van der Waals surface area contributed by atoms with Gasteiger partial charge in [0.2, 0.25) is 0 Å². The zero-order chi connectivity index (χ0) is 16.1. The molecule has 0 amide bonds. The van der Waals surface area contributed by atoms with Crippen LogP contribution in [0.5, 0.6) is 5.75 Å². The molecule has 6 heteroatoms. The number of halogens is 2. The lowest BCUT2D eigenvalue weighted by atomic mass is 10.1. The molecule has 0 unspecified atom stereocenters. The summed E-state index contributed by atoms with van der Waals surface area (Å²) in [5.74, 6) is -0.392. The van der Waals surface area contributed by atoms with Crippen LogP contribution in [0.1, 0.15) is 15.9 Å². The molecular weight excluding hydrogens is 325 g/mol. The van der Waals surface area contributed by atoms with E-state index in [-0.39, 0.29) is 5.56 Å². The average molecular weight is 340 g/mol. The number of nitrogens with one attached hydrogen (secondary N) is 1. The molecule has 0 spiro atoms. The van der Waals surface area contributed by atoms with E-state index in [1.54, 1.807) is 30.3 Å². The zero-order valence-corrected chi connectivity index (χ0v) is 13.4. The Morgan fingerprint density at radius 3 is 2.55 bits per heavy atom. The average Bonchev–Trinajstić information content (AvgIpc) is 2.43. The summed E-state index contributed by atoms with van der Waals surface area (Å²) in [7, 11) is 0. The fourth-order valence-electron chi connectivity index (χ4n) is 2.04. The topological polar surface area (TPSA) is 58.6 Å². The van der Waals surface area contributed by atoms with Crippen molar-refractivity contribution in [2.45, 2.75) is 6.92 Å². The van der Waals surface area contributed by atoms with Crippen LogP contribution in [0.4, 0.5) is 5.69 Å². The number of carboxylic acids is 1. The van der Waals surface area contributed by atoms with Gasteiger partial charge in [-0.25, -0.2) is 4.79 Å². The highest BCUT2D eigenvalue weighted by Gasteiger charge is 2.11. The predicted molar refractivity (Wildman–Crippen MR) is 88.6 cm³/mol. The molecule has 2 aromatic carbocycles. The molecule has 0 atom stereocenters. The van der Waals surface area contributed by atoms with Gasteiger partial charge in [0.15, 0.2) is 0 Å². The summed E-state index contributed by atoms with van der Waals surface area (Å²) in [4.78, 5) is 11.2. The summed E-state index contributed by atoms with van der Waals surface area (Å²) in [6, 6.07) is 10.1. The Morgan fingerprint density at radius 1 is 1.23 bits per heavy atom. The quantitative estimate of drug-likeness (QED) is 0.761. The number of carboxylic acid groups (broad SMARTS) is 1. The molecule has 2 N–H and O–H groups in total. The number of anilines is 1. The van der Waals surface area contributed by atoms with Crippen LogP contribution in [-0.2, 0) is 0 Å². The smallest absolute Gasteiger partial charge is 0.337 e. The maximum Gasteiger partial charge on any atom is 0.337 e. The van der Waals surface area contributed by atoms with Gasteiger partial charge in [-0.15, -0.1) is 0 Å². The highest BCUT2D eigenvalue weighted by Crippen LogP contribution is 2.24. The van der Waals surface area contributed by atoms with Crippen molar-refractivity contribution in [1.82, 2.24) is 0 Å². The third-order valence-electron chi connectivity index (χ3n) is 3.01. The van der Waals surface area contributed by atoms with Gasteiger partial charge in [0.25, 0.3) is 0 Å². The van der Waals surface area contributed by atoms with E-state index in [0.29, 0.717) is 34.6 Å². The van der Waals surface area contributed by atoms with Crippen LogP contribution in [-0.4, -0.2) is 24.2 Å². The number of para-hydroxylation sites is 1. The number of hydrogen-bond donors (Lipinski definition) is 2. The Kier molecular flexibility index (Phi) is 5.52. The normalized spacial score (nSPS) is 10.3. The van der Waals surface area contributed by atoms with Crippen molar-refractivity contribution in [1.29, 1.82) is 0 Å². The lowest BCUT2D eigenvalue weighted by Crippen LogP contribution is -2.15. The van der Waals surface area contributed by atoms with Gasteiger partial charge in [-0.05, 0) is 36.8 Å². The standard InChI is InChI=1S/C16H15Cl2NO3/c1-10-3-2-4-14(16(20)21)15(10)19-5-6-22-13-8-11(17)7-12(18)9-13/h2-4,7-9,19H,5-6H2,1H3,(H,20,21). The highest BCUT2D eigenvalue weighted by atomic mass is 35.5. The lowest BCUT2D eigenvalue weighted by Gasteiger charge is -2.13. The summed E-state index contributed by atoms with van der Waals surface area (Å²) in [6.07, 6.45) is 0. The fraction of sp³-hybridized carbons (Fsp3) is 0.188. The first-order chi connectivity index (χ1) is 10.5. The molecule has 116 valence electrons. The molecule has 0 fully saturated rings. The van der Waals surface area contributed by atoms with Crippen molar-refractivity contribution in [2.24, 2.45) is 0 Å². The summed E-state index contributed by atoms with van der Waals surface area (Å²) >= 11 is 11.8. The molecule has 0 radical (unpaired) electrons. The van der Waals surface area contributed by atoms with Crippen LogP contribution in [0.15, 0.2) is 36.4 Å². The summed E-state index contributed by atoms with van der Waals surface area (Å²) in [6.45, 7) is 2.66. The van der Waals surface area contributed by atoms with Crippen molar-refractivity contribution < 1.29 is 14.6 Å². The summed E-state index contributed by atoms with van der Waals surface area (Å²) in [5.41, 5.74) is 1.71. The van der Waals surface area contributed by atoms with E-state index in [2.05, 4.69) is 5.32 Å². The first kappa shape index (κ1) is 16.5. The summed E-state index contributed by atoms with van der Waals surface area (Å²) in [5, 5.41) is 13.3. The van der Waals surface area contributed by atoms with E-state index in [9.17, 15) is 9.90 Å². The van der Waals surface area contributed by atoms with E-state index in [0.717, 1.165) is 5.56 Å². The minimum atomic E-state index is -0.964. The molecule has 0 aliphatic carbocycles. The van der Waals surface area contributed by atoms with E-state index < -0.39 is 5.97 Å². The first-order valence-electron chi connectivity index (χ1n) is 6.63. The Bertz CT molecular complexity index is 669. The molecule has 0 aromatic heterocycles. The maximum absolute atomic E-state index is 11.2. The van der Waals surface area contributed by atoms with Crippen LogP contribution in [0.25, 0.3) is 0 Å². The molecule has 0 heterocycles. The van der Waals surface area contributed by atoms with E-state index in [4.69, 9.17) is 27.9 Å². The maximum atomic E-state index is 11.2. The van der Waals surface area contributed by atoms with Crippen molar-refractivity contribution >= 4 is 34.9 Å². The zero-order valence-electron chi connectivity index (χ0n) is 11.9.